The van der Waals surface area contributed by atoms with Crippen LogP contribution in [-0.4, -0.2) is 66.6 Å². The summed E-state index contributed by atoms with van der Waals surface area (Å²) in [7, 11) is 1.80. The zero-order chi connectivity index (χ0) is 17.4. The van der Waals surface area contributed by atoms with Crippen LogP contribution in [0.4, 0.5) is 0 Å². The Labute approximate surface area is 155 Å². The number of carbonyl (C=O) groups is 2. The molecule has 0 atom stereocenters. The van der Waals surface area contributed by atoms with Gasteiger partial charge in [-0.05, 0) is 44.5 Å². The van der Waals surface area contributed by atoms with Crippen LogP contribution in [0, 0.1) is 5.92 Å². The summed E-state index contributed by atoms with van der Waals surface area (Å²) in [5, 5.41) is 8.99. The number of likely N-dealkylation sites (N-methyl/N-ethyl adjacent to an activating group) is 1. The normalized spacial score (nSPS) is 15.2. The maximum absolute atomic E-state index is 12.2. The highest BCUT2D eigenvalue weighted by Gasteiger charge is 2.25. The Balaban J connectivity index is 0.00000312. The summed E-state index contributed by atoms with van der Waals surface area (Å²) in [5.41, 5.74) is 0. The summed E-state index contributed by atoms with van der Waals surface area (Å²) >= 11 is 0. The van der Waals surface area contributed by atoms with Crippen LogP contribution >= 0.6 is 12.4 Å². The van der Waals surface area contributed by atoms with Crippen molar-refractivity contribution in [1.29, 1.82) is 0 Å². The molecule has 0 spiro atoms. The van der Waals surface area contributed by atoms with Crippen LogP contribution in [0.5, 0.6) is 5.75 Å². The molecular weight excluding hydrogens is 344 g/mol. The number of amides is 1. The predicted octanol–water partition coefficient (Wildman–Crippen LogP) is 2.13. The Kier molecular flexibility index (Phi) is 9.31. The van der Waals surface area contributed by atoms with E-state index in [9.17, 15) is 9.59 Å². The van der Waals surface area contributed by atoms with Gasteiger partial charge in [0.05, 0.1) is 19.1 Å². The van der Waals surface area contributed by atoms with Crippen LogP contribution in [0.25, 0.3) is 0 Å². The van der Waals surface area contributed by atoms with Gasteiger partial charge in [0.1, 0.15) is 5.75 Å². The number of carboxylic acids is 1. The van der Waals surface area contributed by atoms with Crippen LogP contribution in [0.3, 0.4) is 0 Å². The van der Waals surface area contributed by atoms with E-state index in [2.05, 4.69) is 0 Å². The molecule has 0 aliphatic carbocycles. The second kappa shape index (κ2) is 10.9. The number of halogens is 1. The fourth-order valence-corrected chi connectivity index (χ4v) is 2.78. The van der Waals surface area contributed by atoms with Crippen molar-refractivity contribution in [2.45, 2.75) is 19.3 Å². The van der Waals surface area contributed by atoms with Crippen molar-refractivity contribution in [3.8, 4) is 5.75 Å². The molecular formula is C18H27ClN2O4. The van der Waals surface area contributed by atoms with Gasteiger partial charge in [0.15, 0.2) is 0 Å². The number of carbonyl (C=O) groups excluding carboxylic acids is 1. The fourth-order valence-electron chi connectivity index (χ4n) is 2.78. The number of hydrogen-bond acceptors (Lipinski definition) is 4. The van der Waals surface area contributed by atoms with Gasteiger partial charge in [-0.1, -0.05) is 18.2 Å². The SMILES string of the molecule is CN(CCCOc1ccccc1)C(=O)CN1CCC(C(=O)O)CC1.Cl. The fraction of sp³-hybridized carbons (Fsp3) is 0.556. The quantitative estimate of drug-likeness (QED) is 0.710. The number of hydrogen-bond donors (Lipinski definition) is 1. The Bertz CT molecular complexity index is 533. The van der Waals surface area contributed by atoms with Crippen molar-refractivity contribution in [3.05, 3.63) is 30.3 Å². The molecule has 1 heterocycles. The lowest BCUT2D eigenvalue weighted by molar-refractivity contribution is -0.143. The van der Waals surface area contributed by atoms with Gasteiger partial charge < -0.3 is 14.7 Å². The van der Waals surface area contributed by atoms with E-state index in [1.54, 1.807) is 11.9 Å². The van der Waals surface area contributed by atoms with Crippen LogP contribution in [-0.2, 0) is 9.59 Å². The second-order valence-electron chi connectivity index (χ2n) is 6.22. The predicted molar refractivity (Wildman–Crippen MR) is 98.2 cm³/mol. The number of ether oxygens (including phenoxy) is 1. The zero-order valence-electron chi connectivity index (χ0n) is 14.6. The van der Waals surface area contributed by atoms with Crippen LogP contribution in [0.1, 0.15) is 19.3 Å². The Morgan fingerprint density at radius 3 is 2.48 bits per heavy atom. The van der Waals surface area contributed by atoms with Gasteiger partial charge in [-0.15, -0.1) is 12.4 Å². The highest BCUT2D eigenvalue weighted by atomic mass is 35.5. The Morgan fingerprint density at radius 2 is 1.88 bits per heavy atom. The first-order chi connectivity index (χ1) is 11.6. The lowest BCUT2D eigenvalue weighted by atomic mass is 9.97. The zero-order valence-corrected chi connectivity index (χ0v) is 15.4. The van der Waals surface area contributed by atoms with Crippen molar-refractivity contribution in [1.82, 2.24) is 9.80 Å². The number of rotatable bonds is 8. The maximum Gasteiger partial charge on any atom is 0.306 e. The lowest BCUT2D eigenvalue weighted by Gasteiger charge is -2.30. The Hall–Kier alpha value is -1.79. The number of nitrogens with zero attached hydrogens (tertiary/aromatic N) is 2. The largest absolute Gasteiger partial charge is 0.494 e. The minimum absolute atomic E-state index is 0. The van der Waals surface area contributed by atoms with E-state index < -0.39 is 5.97 Å². The average molecular weight is 371 g/mol. The molecule has 1 saturated heterocycles. The summed E-state index contributed by atoms with van der Waals surface area (Å²) in [6.07, 6.45) is 2.02. The first kappa shape index (κ1) is 21.3. The number of piperidine rings is 1. The highest BCUT2D eigenvalue weighted by molar-refractivity contribution is 5.85. The van der Waals surface area contributed by atoms with E-state index in [1.807, 2.05) is 35.2 Å². The molecule has 1 aliphatic heterocycles. The van der Waals surface area contributed by atoms with Gasteiger partial charge in [-0.3, -0.25) is 14.5 Å². The minimum Gasteiger partial charge on any atom is -0.494 e. The topological polar surface area (TPSA) is 70.1 Å². The highest BCUT2D eigenvalue weighted by Crippen LogP contribution is 2.17. The number of carboxylic acid groups (broad SMARTS) is 1. The molecule has 0 radical (unpaired) electrons. The van der Waals surface area contributed by atoms with E-state index in [1.165, 1.54) is 0 Å². The average Bonchev–Trinajstić information content (AvgIpc) is 2.60. The third-order valence-electron chi connectivity index (χ3n) is 4.37. The maximum atomic E-state index is 12.2. The summed E-state index contributed by atoms with van der Waals surface area (Å²) < 4.78 is 5.62. The lowest BCUT2D eigenvalue weighted by Crippen LogP contribution is -2.43. The molecule has 1 aliphatic rings. The van der Waals surface area contributed by atoms with Gasteiger partial charge in [-0.2, -0.15) is 0 Å². The van der Waals surface area contributed by atoms with Crippen LogP contribution in [0.15, 0.2) is 30.3 Å². The number of likely N-dealkylation sites (tertiary alicyclic amines) is 1. The van der Waals surface area contributed by atoms with Crippen molar-refractivity contribution in [2.24, 2.45) is 5.92 Å². The van der Waals surface area contributed by atoms with E-state index in [0.29, 0.717) is 45.6 Å². The third kappa shape index (κ3) is 7.32. The minimum atomic E-state index is -0.725. The summed E-state index contributed by atoms with van der Waals surface area (Å²) in [6.45, 7) is 2.94. The molecule has 1 fully saturated rings. The number of aliphatic carboxylic acids is 1. The van der Waals surface area contributed by atoms with Crippen LogP contribution in [0.2, 0.25) is 0 Å². The molecule has 140 valence electrons. The smallest absolute Gasteiger partial charge is 0.306 e. The van der Waals surface area contributed by atoms with Crippen molar-refractivity contribution in [2.75, 3.05) is 39.8 Å². The first-order valence-corrected chi connectivity index (χ1v) is 8.43. The molecule has 1 aromatic carbocycles. The molecule has 0 aromatic heterocycles. The van der Waals surface area contributed by atoms with E-state index >= 15 is 0 Å². The van der Waals surface area contributed by atoms with Crippen molar-refractivity contribution < 1.29 is 19.4 Å². The van der Waals surface area contributed by atoms with Gasteiger partial charge >= 0.3 is 5.97 Å². The first-order valence-electron chi connectivity index (χ1n) is 8.43. The molecule has 25 heavy (non-hydrogen) atoms. The van der Waals surface area contributed by atoms with Crippen molar-refractivity contribution in [3.63, 3.8) is 0 Å². The summed E-state index contributed by atoms with van der Waals surface area (Å²) in [5.74, 6) is -0.0722. The number of para-hydroxylation sites is 1. The molecule has 1 aromatic rings. The van der Waals surface area contributed by atoms with Crippen molar-refractivity contribution >= 4 is 24.3 Å². The molecule has 0 bridgehead atoms. The van der Waals surface area contributed by atoms with E-state index in [0.717, 1.165) is 12.2 Å². The van der Waals surface area contributed by atoms with Gasteiger partial charge in [0.25, 0.3) is 0 Å². The van der Waals surface area contributed by atoms with Crippen LogP contribution < -0.4 is 4.74 Å². The standard InChI is InChI=1S/C18H26N2O4.ClH/c1-19(10-5-13-24-16-6-3-2-4-7-16)17(21)14-20-11-8-15(9-12-20)18(22)23;/h2-4,6-7,15H,5,8-14H2,1H3,(H,22,23);1H. The molecule has 1 N–H and O–H groups in total. The molecule has 6 nitrogen and oxygen atoms in total. The molecule has 7 heteroatoms. The van der Waals surface area contributed by atoms with Gasteiger partial charge in [0, 0.05) is 13.6 Å². The second-order valence-corrected chi connectivity index (χ2v) is 6.22. The Morgan fingerprint density at radius 1 is 1.24 bits per heavy atom. The third-order valence-corrected chi connectivity index (χ3v) is 4.37. The van der Waals surface area contributed by atoms with E-state index in [4.69, 9.17) is 9.84 Å². The molecule has 0 unspecified atom stereocenters. The molecule has 1 amide bonds. The van der Waals surface area contributed by atoms with Gasteiger partial charge in [0.2, 0.25) is 5.91 Å². The van der Waals surface area contributed by atoms with Gasteiger partial charge in [-0.25, -0.2) is 0 Å². The summed E-state index contributed by atoms with van der Waals surface area (Å²) in [6, 6.07) is 9.63. The monoisotopic (exact) mass is 370 g/mol. The molecule has 0 saturated carbocycles. The summed E-state index contributed by atoms with van der Waals surface area (Å²) in [4.78, 5) is 26.9. The van der Waals surface area contributed by atoms with E-state index in [-0.39, 0.29) is 24.2 Å². The number of benzene rings is 1. The molecule has 2 rings (SSSR count).